The molecule has 2 aromatic carbocycles. The predicted octanol–water partition coefficient (Wildman–Crippen LogP) is 2.67. The third kappa shape index (κ3) is 4.53. The van der Waals surface area contributed by atoms with Gasteiger partial charge in [-0.15, -0.1) is 0 Å². The Bertz CT molecular complexity index is 550. The van der Waals surface area contributed by atoms with Crippen molar-refractivity contribution < 1.29 is 19.4 Å². The molecule has 0 spiro atoms. The topological polar surface area (TPSA) is 81.8 Å². The maximum atomic E-state index is 10.3. The number of nitrogens with two attached hydrogens (primary N) is 1. The summed E-state index contributed by atoms with van der Waals surface area (Å²) in [7, 11) is 3.27. The number of aromatic carboxylic acids is 1. The fourth-order valence-electron chi connectivity index (χ4n) is 1.42. The molecule has 3 N–H and O–H groups in total. The molecule has 0 amide bonds. The summed E-state index contributed by atoms with van der Waals surface area (Å²) in [6.07, 6.45) is 0. The van der Waals surface area contributed by atoms with Crippen LogP contribution in [0.5, 0.6) is 11.5 Å². The number of para-hydroxylation sites is 1. The second kappa shape index (κ2) is 7.68. The third-order valence-electron chi connectivity index (χ3n) is 2.47. The number of anilines is 1. The second-order valence-electron chi connectivity index (χ2n) is 3.78. The summed E-state index contributed by atoms with van der Waals surface area (Å²) in [5, 5.41) is 8.49. The lowest BCUT2D eigenvalue weighted by Gasteiger charge is -2.01. The smallest absolute Gasteiger partial charge is 0.337 e. The van der Waals surface area contributed by atoms with Crippen LogP contribution in [0, 0.1) is 0 Å². The van der Waals surface area contributed by atoms with E-state index in [9.17, 15) is 4.79 Å². The largest absolute Gasteiger partial charge is 0.497 e. The first-order valence-corrected chi connectivity index (χ1v) is 5.84. The van der Waals surface area contributed by atoms with Crippen LogP contribution in [0.2, 0.25) is 0 Å². The summed E-state index contributed by atoms with van der Waals surface area (Å²) in [6.45, 7) is 0. The summed E-state index contributed by atoms with van der Waals surface area (Å²) >= 11 is 0. The van der Waals surface area contributed by atoms with E-state index in [-0.39, 0.29) is 5.56 Å². The Kier molecular flexibility index (Phi) is 5.90. The highest BCUT2D eigenvalue weighted by Gasteiger charge is 2.03. The highest BCUT2D eigenvalue weighted by Crippen LogP contribution is 2.17. The van der Waals surface area contributed by atoms with Gasteiger partial charge in [0, 0.05) is 11.8 Å². The Hall–Kier alpha value is -2.69. The number of carboxylic acids is 1. The molecule has 0 bridgehead atoms. The zero-order valence-electron chi connectivity index (χ0n) is 11.4. The van der Waals surface area contributed by atoms with Crippen molar-refractivity contribution in [1.29, 1.82) is 0 Å². The van der Waals surface area contributed by atoms with Crippen molar-refractivity contribution >= 4 is 11.7 Å². The highest BCUT2D eigenvalue weighted by atomic mass is 16.5. The number of carboxylic acid groups (broad SMARTS) is 1. The summed E-state index contributed by atoms with van der Waals surface area (Å²) in [6, 6.07) is 13.8. The molecule has 0 aliphatic rings. The maximum absolute atomic E-state index is 10.3. The average Bonchev–Trinajstić information content (AvgIpc) is 2.48. The minimum atomic E-state index is -0.988. The van der Waals surface area contributed by atoms with Crippen LogP contribution in [0.1, 0.15) is 10.4 Å². The van der Waals surface area contributed by atoms with E-state index >= 15 is 0 Å². The minimum absolute atomic E-state index is 0.155. The molecule has 0 saturated carbocycles. The third-order valence-corrected chi connectivity index (χ3v) is 2.47. The van der Waals surface area contributed by atoms with Gasteiger partial charge in [0.05, 0.1) is 19.8 Å². The monoisotopic (exact) mass is 275 g/mol. The quantitative estimate of drug-likeness (QED) is 0.841. The van der Waals surface area contributed by atoms with Gasteiger partial charge in [-0.25, -0.2) is 4.79 Å². The molecule has 0 radical (unpaired) electrons. The first-order chi connectivity index (χ1) is 9.58. The van der Waals surface area contributed by atoms with Gasteiger partial charge in [0.2, 0.25) is 0 Å². The van der Waals surface area contributed by atoms with Gasteiger partial charge in [-0.05, 0) is 24.3 Å². The number of carbonyl (C=O) groups is 1. The molecule has 0 unspecified atom stereocenters. The second-order valence-corrected chi connectivity index (χ2v) is 3.78. The van der Waals surface area contributed by atoms with Crippen LogP contribution < -0.4 is 15.2 Å². The van der Waals surface area contributed by atoms with Crippen LogP contribution in [0.4, 0.5) is 5.69 Å². The van der Waals surface area contributed by atoms with Gasteiger partial charge in [0.25, 0.3) is 0 Å². The van der Waals surface area contributed by atoms with Crippen molar-refractivity contribution in [3.63, 3.8) is 0 Å². The fraction of sp³-hybridized carbons (Fsp3) is 0.133. The molecule has 20 heavy (non-hydrogen) atoms. The van der Waals surface area contributed by atoms with E-state index in [2.05, 4.69) is 0 Å². The molecule has 106 valence electrons. The summed E-state index contributed by atoms with van der Waals surface area (Å²) in [4.78, 5) is 10.3. The van der Waals surface area contributed by atoms with Crippen molar-refractivity contribution in [2.24, 2.45) is 0 Å². The van der Waals surface area contributed by atoms with Crippen molar-refractivity contribution in [2.45, 2.75) is 0 Å². The minimum Gasteiger partial charge on any atom is -0.497 e. The number of hydrogen-bond acceptors (Lipinski definition) is 4. The number of methoxy groups -OCH3 is 2. The van der Waals surface area contributed by atoms with Gasteiger partial charge in [0.1, 0.15) is 11.5 Å². The molecular weight excluding hydrogens is 258 g/mol. The molecule has 0 aliphatic heterocycles. The number of nitrogen functional groups attached to an aromatic ring is 1. The van der Waals surface area contributed by atoms with Crippen molar-refractivity contribution in [3.8, 4) is 11.5 Å². The first kappa shape index (κ1) is 15.4. The molecule has 2 rings (SSSR count). The lowest BCUT2D eigenvalue weighted by Crippen LogP contribution is -2.00. The fourth-order valence-corrected chi connectivity index (χ4v) is 1.42. The van der Waals surface area contributed by atoms with Crippen molar-refractivity contribution in [1.82, 2.24) is 0 Å². The SMILES string of the molecule is COc1cccc(OC)c1.Nc1ccccc1C(=O)O. The van der Waals surface area contributed by atoms with Crippen molar-refractivity contribution in [3.05, 3.63) is 54.1 Å². The van der Waals surface area contributed by atoms with Gasteiger partial charge < -0.3 is 20.3 Å². The molecular formula is C15H17NO4. The first-order valence-electron chi connectivity index (χ1n) is 5.84. The molecule has 0 atom stereocenters. The highest BCUT2D eigenvalue weighted by molar-refractivity contribution is 5.93. The Morgan fingerprint density at radius 1 is 1.00 bits per heavy atom. The molecule has 0 aromatic heterocycles. The number of hydrogen-bond donors (Lipinski definition) is 2. The molecule has 0 saturated heterocycles. The summed E-state index contributed by atoms with van der Waals surface area (Å²) in [5.41, 5.74) is 5.80. The van der Waals surface area contributed by atoms with Crippen LogP contribution >= 0.6 is 0 Å². The predicted molar refractivity (Wildman–Crippen MR) is 77.4 cm³/mol. The van der Waals surface area contributed by atoms with Crippen LogP contribution in [0.15, 0.2) is 48.5 Å². The zero-order valence-corrected chi connectivity index (χ0v) is 11.4. The van der Waals surface area contributed by atoms with Crippen LogP contribution in [0.25, 0.3) is 0 Å². The Morgan fingerprint density at radius 2 is 1.55 bits per heavy atom. The maximum Gasteiger partial charge on any atom is 0.337 e. The Balaban J connectivity index is 0.000000200. The van der Waals surface area contributed by atoms with E-state index in [1.54, 1.807) is 32.4 Å². The number of rotatable bonds is 3. The molecule has 0 fully saturated rings. The van der Waals surface area contributed by atoms with Gasteiger partial charge in [-0.3, -0.25) is 0 Å². The van der Waals surface area contributed by atoms with Gasteiger partial charge in [0.15, 0.2) is 0 Å². The molecule has 0 aliphatic carbocycles. The van der Waals surface area contributed by atoms with E-state index in [0.29, 0.717) is 5.69 Å². The summed E-state index contributed by atoms with van der Waals surface area (Å²) in [5.74, 6) is 0.650. The van der Waals surface area contributed by atoms with Crippen molar-refractivity contribution in [2.75, 3.05) is 20.0 Å². The molecule has 5 nitrogen and oxygen atoms in total. The van der Waals surface area contributed by atoms with Crippen LogP contribution in [-0.2, 0) is 0 Å². The van der Waals surface area contributed by atoms with Gasteiger partial charge in [-0.2, -0.15) is 0 Å². The van der Waals surface area contributed by atoms with E-state index in [4.69, 9.17) is 20.3 Å². The van der Waals surface area contributed by atoms with E-state index < -0.39 is 5.97 Å². The Morgan fingerprint density at radius 3 is 1.95 bits per heavy atom. The Labute approximate surface area is 117 Å². The van der Waals surface area contributed by atoms with Gasteiger partial charge >= 0.3 is 5.97 Å². The number of ether oxygens (including phenoxy) is 2. The molecule has 5 heteroatoms. The normalized spacial score (nSPS) is 9.10. The number of benzene rings is 2. The summed E-state index contributed by atoms with van der Waals surface area (Å²) < 4.78 is 9.95. The zero-order chi connectivity index (χ0) is 15.0. The van der Waals surface area contributed by atoms with E-state index in [1.165, 1.54) is 6.07 Å². The van der Waals surface area contributed by atoms with Crippen LogP contribution in [-0.4, -0.2) is 25.3 Å². The molecule has 0 heterocycles. The standard InChI is InChI=1S/C8H10O2.C7H7NO2/c1-9-7-4-3-5-8(6-7)10-2;8-6-4-2-1-3-5(6)7(9)10/h3-6H,1-2H3;1-4H,8H2,(H,9,10). The lowest BCUT2D eigenvalue weighted by molar-refractivity contribution is 0.0698. The van der Waals surface area contributed by atoms with Gasteiger partial charge in [-0.1, -0.05) is 18.2 Å². The molecule has 2 aromatic rings. The van der Waals surface area contributed by atoms with Crippen LogP contribution in [0.3, 0.4) is 0 Å². The lowest BCUT2D eigenvalue weighted by atomic mass is 10.2. The van der Waals surface area contributed by atoms with E-state index in [0.717, 1.165) is 11.5 Å². The van der Waals surface area contributed by atoms with E-state index in [1.807, 2.05) is 24.3 Å². The average molecular weight is 275 g/mol.